The highest BCUT2D eigenvalue weighted by Gasteiger charge is 2.07. The minimum Gasteiger partial charge on any atom is -0.330 e. The molecule has 12 heavy (non-hydrogen) atoms. The van der Waals surface area contributed by atoms with E-state index in [-0.39, 0.29) is 6.04 Å². The van der Waals surface area contributed by atoms with Crippen LogP contribution in [0.2, 0.25) is 5.02 Å². The second-order valence-corrected chi connectivity index (χ2v) is 3.11. The molecule has 66 valence electrons. The third-order valence-electron chi connectivity index (χ3n) is 1.78. The number of benzene rings is 1. The van der Waals surface area contributed by atoms with Crippen molar-refractivity contribution in [1.29, 1.82) is 0 Å². The lowest BCUT2D eigenvalue weighted by Gasteiger charge is -2.11. The van der Waals surface area contributed by atoms with Gasteiger partial charge < -0.3 is 11.5 Å². The molecule has 0 saturated carbocycles. The fraction of sp³-hybridized carbons (Fsp3) is 0.333. The summed E-state index contributed by atoms with van der Waals surface area (Å²) in [5, 5.41) is 0.721. The summed E-state index contributed by atoms with van der Waals surface area (Å²) < 4.78 is 0. The normalized spacial score (nSPS) is 12.9. The van der Waals surface area contributed by atoms with E-state index in [1.54, 1.807) is 0 Å². The molecule has 0 bridgehead atoms. The molecule has 0 unspecified atom stereocenters. The summed E-state index contributed by atoms with van der Waals surface area (Å²) in [6, 6.07) is 7.55. The molecule has 0 amide bonds. The van der Waals surface area contributed by atoms with Gasteiger partial charge in [0, 0.05) is 11.1 Å². The van der Waals surface area contributed by atoms with Gasteiger partial charge in [0.2, 0.25) is 0 Å². The molecular weight excluding hydrogens is 172 g/mol. The predicted octanol–water partition coefficient (Wildman–Crippen LogP) is 1.69. The highest BCUT2D eigenvalue weighted by Crippen LogP contribution is 2.22. The van der Waals surface area contributed by atoms with Gasteiger partial charge >= 0.3 is 0 Å². The van der Waals surface area contributed by atoms with Crippen molar-refractivity contribution in [1.82, 2.24) is 0 Å². The fourth-order valence-electron chi connectivity index (χ4n) is 1.11. The van der Waals surface area contributed by atoms with E-state index < -0.39 is 0 Å². The summed E-state index contributed by atoms with van der Waals surface area (Å²) in [4.78, 5) is 0. The van der Waals surface area contributed by atoms with Crippen LogP contribution in [0.5, 0.6) is 0 Å². The van der Waals surface area contributed by atoms with Crippen molar-refractivity contribution >= 4 is 11.6 Å². The van der Waals surface area contributed by atoms with E-state index in [1.807, 2.05) is 24.3 Å². The number of nitrogens with two attached hydrogens (primary N) is 2. The molecule has 0 heterocycles. The Morgan fingerprint density at radius 3 is 2.58 bits per heavy atom. The molecule has 1 rings (SSSR count). The Hall–Kier alpha value is -0.570. The first-order chi connectivity index (χ1) is 5.75. The van der Waals surface area contributed by atoms with Crippen LogP contribution in [0.1, 0.15) is 18.0 Å². The molecule has 0 spiro atoms. The summed E-state index contributed by atoms with van der Waals surface area (Å²) >= 11 is 5.93. The minimum atomic E-state index is -0.0382. The van der Waals surface area contributed by atoms with Crippen LogP contribution in [0, 0.1) is 0 Å². The lowest BCUT2D eigenvalue weighted by Crippen LogP contribution is -2.15. The van der Waals surface area contributed by atoms with Gasteiger partial charge in [0.05, 0.1) is 0 Å². The maximum Gasteiger partial charge on any atom is 0.0453 e. The average molecular weight is 185 g/mol. The zero-order valence-electron chi connectivity index (χ0n) is 6.83. The molecule has 1 aromatic rings. The van der Waals surface area contributed by atoms with Crippen molar-refractivity contribution in [3.63, 3.8) is 0 Å². The Labute approximate surface area is 77.5 Å². The lowest BCUT2D eigenvalue weighted by atomic mass is 10.1. The largest absolute Gasteiger partial charge is 0.330 e. The molecule has 0 aromatic heterocycles. The summed E-state index contributed by atoms with van der Waals surface area (Å²) in [7, 11) is 0. The zero-order valence-corrected chi connectivity index (χ0v) is 7.59. The van der Waals surface area contributed by atoms with Crippen LogP contribution in [0.4, 0.5) is 0 Å². The summed E-state index contributed by atoms with van der Waals surface area (Å²) in [6.45, 7) is 0.590. The Morgan fingerprint density at radius 2 is 2.00 bits per heavy atom. The van der Waals surface area contributed by atoms with E-state index >= 15 is 0 Å². The maximum absolute atomic E-state index is 5.93. The van der Waals surface area contributed by atoms with Gasteiger partial charge in [-0.2, -0.15) is 0 Å². The van der Waals surface area contributed by atoms with Gasteiger partial charge in [0.25, 0.3) is 0 Å². The van der Waals surface area contributed by atoms with Crippen LogP contribution < -0.4 is 11.5 Å². The zero-order chi connectivity index (χ0) is 8.97. The van der Waals surface area contributed by atoms with E-state index in [0.29, 0.717) is 6.54 Å². The van der Waals surface area contributed by atoms with Crippen molar-refractivity contribution in [2.45, 2.75) is 12.5 Å². The van der Waals surface area contributed by atoms with Crippen molar-refractivity contribution in [3.8, 4) is 0 Å². The van der Waals surface area contributed by atoms with Crippen molar-refractivity contribution in [2.24, 2.45) is 11.5 Å². The van der Waals surface area contributed by atoms with Crippen LogP contribution in [0.3, 0.4) is 0 Å². The van der Waals surface area contributed by atoms with Crippen molar-refractivity contribution in [3.05, 3.63) is 34.9 Å². The first-order valence-corrected chi connectivity index (χ1v) is 4.33. The smallest absolute Gasteiger partial charge is 0.0453 e. The molecule has 0 aliphatic heterocycles. The van der Waals surface area contributed by atoms with Crippen LogP contribution in [0.15, 0.2) is 24.3 Å². The second kappa shape index (κ2) is 4.45. The van der Waals surface area contributed by atoms with Gasteiger partial charge in [-0.1, -0.05) is 29.8 Å². The molecule has 0 radical (unpaired) electrons. The topological polar surface area (TPSA) is 52.0 Å². The average Bonchev–Trinajstić information content (AvgIpc) is 2.05. The van der Waals surface area contributed by atoms with E-state index in [0.717, 1.165) is 17.0 Å². The van der Waals surface area contributed by atoms with Gasteiger partial charge in [-0.05, 0) is 24.6 Å². The Bertz CT molecular complexity index is 250. The number of hydrogen-bond donors (Lipinski definition) is 2. The standard InChI is InChI=1S/C9H13ClN2/c10-8-4-2-1-3-7(8)9(12)5-6-11/h1-4,9H,5-6,11-12H2/t9-/m1/s1. The number of halogens is 1. The molecule has 0 saturated heterocycles. The molecule has 4 N–H and O–H groups in total. The molecule has 0 aliphatic carbocycles. The van der Waals surface area contributed by atoms with E-state index in [9.17, 15) is 0 Å². The summed E-state index contributed by atoms with van der Waals surface area (Å²) in [5.41, 5.74) is 12.2. The fourth-order valence-corrected chi connectivity index (χ4v) is 1.39. The minimum absolute atomic E-state index is 0.0382. The SMILES string of the molecule is NCC[C@@H](N)c1ccccc1Cl. The van der Waals surface area contributed by atoms with Crippen LogP contribution >= 0.6 is 11.6 Å². The number of rotatable bonds is 3. The Morgan fingerprint density at radius 1 is 1.33 bits per heavy atom. The summed E-state index contributed by atoms with van der Waals surface area (Å²) in [5.74, 6) is 0. The van der Waals surface area contributed by atoms with Crippen molar-refractivity contribution in [2.75, 3.05) is 6.54 Å². The van der Waals surface area contributed by atoms with Gasteiger partial charge in [-0.25, -0.2) is 0 Å². The molecule has 2 nitrogen and oxygen atoms in total. The van der Waals surface area contributed by atoms with Gasteiger partial charge in [-0.3, -0.25) is 0 Å². The van der Waals surface area contributed by atoms with E-state index in [2.05, 4.69) is 0 Å². The molecular formula is C9H13ClN2. The second-order valence-electron chi connectivity index (χ2n) is 2.71. The monoisotopic (exact) mass is 184 g/mol. The van der Waals surface area contributed by atoms with Gasteiger partial charge in [0.1, 0.15) is 0 Å². The predicted molar refractivity (Wildman–Crippen MR) is 52.1 cm³/mol. The van der Waals surface area contributed by atoms with Gasteiger partial charge in [-0.15, -0.1) is 0 Å². The van der Waals surface area contributed by atoms with E-state index in [1.165, 1.54) is 0 Å². The lowest BCUT2D eigenvalue weighted by molar-refractivity contribution is 0.661. The quantitative estimate of drug-likeness (QED) is 0.751. The van der Waals surface area contributed by atoms with Crippen LogP contribution in [0.25, 0.3) is 0 Å². The number of hydrogen-bond acceptors (Lipinski definition) is 2. The molecule has 3 heteroatoms. The highest BCUT2D eigenvalue weighted by atomic mass is 35.5. The molecule has 1 atom stereocenters. The first-order valence-electron chi connectivity index (χ1n) is 3.95. The molecule has 0 aliphatic rings. The van der Waals surface area contributed by atoms with E-state index in [4.69, 9.17) is 23.1 Å². The Balaban J connectivity index is 2.79. The Kier molecular flexibility index (Phi) is 3.53. The molecule has 0 fully saturated rings. The van der Waals surface area contributed by atoms with Crippen LogP contribution in [-0.4, -0.2) is 6.54 Å². The van der Waals surface area contributed by atoms with Crippen LogP contribution in [-0.2, 0) is 0 Å². The third-order valence-corrected chi connectivity index (χ3v) is 2.13. The summed E-state index contributed by atoms with van der Waals surface area (Å²) in [6.07, 6.45) is 0.768. The third kappa shape index (κ3) is 2.21. The van der Waals surface area contributed by atoms with Gasteiger partial charge in [0.15, 0.2) is 0 Å². The first kappa shape index (κ1) is 9.52. The highest BCUT2D eigenvalue weighted by molar-refractivity contribution is 6.31. The maximum atomic E-state index is 5.93. The van der Waals surface area contributed by atoms with Crippen molar-refractivity contribution < 1.29 is 0 Å². The molecule has 1 aromatic carbocycles.